The van der Waals surface area contributed by atoms with Crippen molar-refractivity contribution in [1.82, 2.24) is 5.32 Å². The Morgan fingerprint density at radius 3 is 2.80 bits per heavy atom. The fourth-order valence-electron chi connectivity index (χ4n) is 1.85. The zero-order valence-electron chi connectivity index (χ0n) is 13.1. The molecule has 1 aromatic carbocycles. The Kier molecular flexibility index (Phi) is 6.56. The lowest BCUT2D eigenvalue weighted by Gasteiger charge is -2.16. The van der Waals surface area contributed by atoms with Gasteiger partial charge in [-0.15, -0.1) is 17.8 Å². The highest BCUT2D eigenvalue weighted by molar-refractivity contribution is 9.11. The monoisotopic (exact) mass is 424 g/mol. The Bertz CT molecular complexity index is 832. The van der Waals surface area contributed by atoms with Gasteiger partial charge in [0.1, 0.15) is 24.2 Å². The van der Waals surface area contributed by atoms with Crippen LogP contribution in [0.5, 0.6) is 5.75 Å². The quantitative estimate of drug-likeness (QED) is 0.698. The molecule has 2 N–H and O–H groups in total. The first-order valence-electron chi connectivity index (χ1n) is 7.13. The lowest BCUT2D eigenvalue weighted by atomic mass is 10.2. The second-order valence-corrected chi connectivity index (χ2v) is 7.38. The Hall–Kier alpha value is -2.37. The third-order valence-electron chi connectivity index (χ3n) is 3.05. The fraction of sp³-hybridized carbons (Fsp3) is 0.176. The first-order valence-corrected chi connectivity index (χ1v) is 8.74. The second kappa shape index (κ2) is 8.65. The molecule has 1 atom stereocenters. The van der Waals surface area contributed by atoms with E-state index in [0.29, 0.717) is 4.88 Å². The summed E-state index contributed by atoms with van der Waals surface area (Å²) in [6.07, 6.45) is 5.12. The summed E-state index contributed by atoms with van der Waals surface area (Å²) in [7, 11) is 0. The van der Waals surface area contributed by atoms with Crippen LogP contribution in [0.1, 0.15) is 16.6 Å². The Balaban J connectivity index is 2.03. The summed E-state index contributed by atoms with van der Waals surface area (Å²) < 4.78 is 19.4. The number of benzene rings is 1. The number of halogens is 2. The van der Waals surface area contributed by atoms with Gasteiger partial charge in [0.05, 0.1) is 14.4 Å². The predicted molar refractivity (Wildman–Crippen MR) is 98.3 cm³/mol. The molecule has 0 spiro atoms. The number of thiophene rings is 1. The van der Waals surface area contributed by atoms with Crippen LogP contribution in [0, 0.1) is 18.2 Å². The Labute approximate surface area is 156 Å². The molecule has 2 amide bonds. The van der Waals surface area contributed by atoms with Crippen molar-refractivity contribution in [3.05, 3.63) is 44.8 Å². The summed E-state index contributed by atoms with van der Waals surface area (Å²) in [4.78, 5) is 24.8. The summed E-state index contributed by atoms with van der Waals surface area (Å²) in [5.74, 6) is 1.04. The Morgan fingerprint density at radius 1 is 1.40 bits per heavy atom. The van der Waals surface area contributed by atoms with Crippen molar-refractivity contribution in [2.75, 3.05) is 11.9 Å². The van der Waals surface area contributed by atoms with Crippen LogP contribution < -0.4 is 15.4 Å². The van der Waals surface area contributed by atoms with Gasteiger partial charge in [-0.1, -0.05) is 5.92 Å². The number of hydrogen-bond acceptors (Lipinski definition) is 4. The van der Waals surface area contributed by atoms with Crippen LogP contribution in [0.4, 0.5) is 10.1 Å². The third kappa shape index (κ3) is 5.31. The highest BCUT2D eigenvalue weighted by Crippen LogP contribution is 2.26. The number of carbonyl (C=O) groups excluding carboxylic acids is 2. The maximum atomic E-state index is 13.3. The van der Waals surface area contributed by atoms with E-state index in [1.807, 2.05) is 0 Å². The minimum absolute atomic E-state index is 0.0636. The van der Waals surface area contributed by atoms with Gasteiger partial charge in [0.25, 0.3) is 5.91 Å². The maximum Gasteiger partial charge on any atom is 0.262 e. The third-order valence-corrected chi connectivity index (χ3v) is 4.67. The van der Waals surface area contributed by atoms with Crippen LogP contribution in [0.15, 0.2) is 34.1 Å². The Morgan fingerprint density at radius 2 is 2.16 bits per heavy atom. The van der Waals surface area contributed by atoms with E-state index in [1.54, 1.807) is 19.1 Å². The zero-order valence-corrected chi connectivity index (χ0v) is 15.5. The smallest absolute Gasteiger partial charge is 0.262 e. The molecule has 0 fully saturated rings. The molecule has 8 heteroatoms. The van der Waals surface area contributed by atoms with Crippen molar-refractivity contribution in [3.8, 4) is 18.1 Å². The SMILES string of the molecule is C#CCOc1cc(F)ccc1NC(=O)C(C)NC(=O)c1ccc(Br)s1. The maximum absolute atomic E-state index is 13.3. The van der Waals surface area contributed by atoms with Crippen molar-refractivity contribution >= 4 is 44.8 Å². The van der Waals surface area contributed by atoms with Gasteiger partial charge in [-0.3, -0.25) is 9.59 Å². The summed E-state index contributed by atoms with van der Waals surface area (Å²) in [6, 6.07) is 6.27. The number of rotatable bonds is 6. The molecule has 25 heavy (non-hydrogen) atoms. The van der Waals surface area contributed by atoms with E-state index >= 15 is 0 Å². The fourth-order valence-corrected chi connectivity index (χ4v) is 3.14. The van der Waals surface area contributed by atoms with E-state index in [9.17, 15) is 14.0 Å². The van der Waals surface area contributed by atoms with Crippen LogP contribution in [0.3, 0.4) is 0 Å². The van der Waals surface area contributed by atoms with Crippen molar-refractivity contribution in [3.63, 3.8) is 0 Å². The number of nitrogens with one attached hydrogen (secondary N) is 2. The number of ether oxygens (including phenoxy) is 1. The summed E-state index contributed by atoms with van der Waals surface area (Å²) in [5, 5.41) is 5.18. The summed E-state index contributed by atoms with van der Waals surface area (Å²) in [5.41, 5.74) is 0.265. The van der Waals surface area contributed by atoms with E-state index in [4.69, 9.17) is 11.2 Å². The van der Waals surface area contributed by atoms with E-state index < -0.39 is 17.8 Å². The van der Waals surface area contributed by atoms with Crippen molar-refractivity contribution < 1.29 is 18.7 Å². The largest absolute Gasteiger partial charge is 0.479 e. The standard InChI is InChI=1S/C17H14BrFN2O3S/c1-3-8-24-13-9-11(19)4-5-12(13)21-16(22)10(2)20-17(23)14-6-7-15(18)25-14/h1,4-7,9-10H,8H2,2H3,(H,20,23)(H,21,22). The molecule has 0 radical (unpaired) electrons. The van der Waals surface area contributed by atoms with Crippen molar-refractivity contribution in [2.45, 2.75) is 13.0 Å². The number of amides is 2. The summed E-state index contributed by atoms with van der Waals surface area (Å²) in [6.45, 7) is 1.48. The molecule has 5 nitrogen and oxygen atoms in total. The lowest BCUT2D eigenvalue weighted by molar-refractivity contribution is -0.117. The number of hydrogen-bond donors (Lipinski definition) is 2. The lowest BCUT2D eigenvalue weighted by Crippen LogP contribution is -2.41. The van der Waals surface area contributed by atoms with Crippen LogP contribution in [-0.2, 0) is 4.79 Å². The first-order chi connectivity index (χ1) is 11.9. The van der Waals surface area contributed by atoms with Gasteiger partial charge >= 0.3 is 0 Å². The zero-order chi connectivity index (χ0) is 18.4. The van der Waals surface area contributed by atoms with Crippen LogP contribution >= 0.6 is 27.3 Å². The normalized spacial score (nSPS) is 11.3. The van der Waals surface area contributed by atoms with Gasteiger partial charge in [-0.2, -0.15) is 0 Å². The topological polar surface area (TPSA) is 67.4 Å². The highest BCUT2D eigenvalue weighted by Gasteiger charge is 2.19. The van der Waals surface area contributed by atoms with E-state index in [0.717, 1.165) is 9.85 Å². The number of carbonyl (C=O) groups is 2. The molecule has 0 aliphatic heterocycles. The van der Waals surface area contributed by atoms with Gasteiger partial charge in [-0.05, 0) is 47.1 Å². The molecule has 0 saturated heterocycles. The first kappa shape index (κ1) is 19.0. The minimum atomic E-state index is -0.807. The molecule has 1 unspecified atom stereocenters. The molecule has 2 rings (SSSR count). The van der Waals surface area contributed by atoms with Gasteiger partial charge in [-0.25, -0.2) is 4.39 Å². The van der Waals surface area contributed by atoms with Gasteiger partial charge < -0.3 is 15.4 Å². The molecule has 1 aromatic heterocycles. The second-order valence-electron chi connectivity index (χ2n) is 4.92. The van der Waals surface area contributed by atoms with E-state index in [-0.39, 0.29) is 24.0 Å². The molecule has 0 saturated carbocycles. The van der Waals surface area contributed by atoms with Crippen LogP contribution in [0.2, 0.25) is 0 Å². The molecule has 0 bridgehead atoms. The van der Waals surface area contributed by atoms with Crippen molar-refractivity contribution in [2.24, 2.45) is 0 Å². The highest BCUT2D eigenvalue weighted by atomic mass is 79.9. The molecular weight excluding hydrogens is 411 g/mol. The molecule has 0 aliphatic carbocycles. The number of anilines is 1. The molecule has 2 aromatic rings. The average molecular weight is 425 g/mol. The number of terminal acetylenes is 1. The minimum Gasteiger partial charge on any atom is -0.479 e. The molecule has 0 aliphatic rings. The van der Waals surface area contributed by atoms with E-state index in [2.05, 4.69) is 32.5 Å². The van der Waals surface area contributed by atoms with Gasteiger partial charge in [0.2, 0.25) is 5.91 Å². The van der Waals surface area contributed by atoms with Gasteiger partial charge in [0, 0.05) is 6.07 Å². The van der Waals surface area contributed by atoms with Crippen LogP contribution in [0.25, 0.3) is 0 Å². The summed E-state index contributed by atoms with van der Waals surface area (Å²) >= 11 is 4.53. The predicted octanol–water partition coefficient (Wildman–Crippen LogP) is 3.42. The molecule has 1 heterocycles. The van der Waals surface area contributed by atoms with E-state index in [1.165, 1.54) is 23.5 Å². The van der Waals surface area contributed by atoms with Crippen LogP contribution in [-0.4, -0.2) is 24.5 Å². The molecular formula is C17H14BrFN2O3S. The van der Waals surface area contributed by atoms with Gasteiger partial charge in [0.15, 0.2) is 0 Å². The average Bonchev–Trinajstić information content (AvgIpc) is 3.01. The molecule has 130 valence electrons. The van der Waals surface area contributed by atoms with Crippen molar-refractivity contribution in [1.29, 1.82) is 0 Å².